The fourth-order valence-electron chi connectivity index (χ4n) is 4.23. The summed E-state index contributed by atoms with van der Waals surface area (Å²) in [6.07, 6.45) is 2.01. The Hall–Kier alpha value is -3.91. The van der Waals surface area contributed by atoms with E-state index in [2.05, 4.69) is 32.6 Å². The minimum absolute atomic E-state index is 0.0419. The number of nitrogens with one attached hydrogen (secondary N) is 3. The van der Waals surface area contributed by atoms with Gasteiger partial charge in [0.25, 0.3) is 0 Å². The molecule has 0 aliphatic heterocycles. The zero-order valence-electron chi connectivity index (χ0n) is 25.8. The molecule has 0 radical (unpaired) electrons. The lowest BCUT2D eigenvalue weighted by molar-refractivity contribution is -0.253. The van der Waals surface area contributed by atoms with Crippen molar-refractivity contribution in [3.8, 4) is 11.5 Å². The maximum atomic E-state index is 13.7. The van der Waals surface area contributed by atoms with E-state index in [1.54, 1.807) is 51.1 Å². The quantitative estimate of drug-likeness (QED) is 0.0816. The number of carbonyl (C=O) groups excluding carboxylic acids is 3. The summed E-state index contributed by atoms with van der Waals surface area (Å²) < 4.78 is 10.9. The molecular formula is C31H45N3O10. The van der Waals surface area contributed by atoms with E-state index >= 15 is 0 Å². The zero-order valence-corrected chi connectivity index (χ0v) is 25.8. The summed E-state index contributed by atoms with van der Waals surface area (Å²) >= 11 is 0. The van der Waals surface area contributed by atoms with Gasteiger partial charge >= 0.3 is 6.09 Å². The number of ether oxygens (including phenoxy) is 2. The number of alkyl carbamates (subject to hydrolysis) is 1. The molecule has 0 aliphatic rings. The van der Waals surface area contributed by atoms with Gasteiger partial charge in [-0.3, -0.25) is 20.1 Å². The lowest BCUT2D eigenvalue weighted by atomic mass is 10.0. The molecular weight excluding hydrogens is 574 g/mol. The van der Waals surface area contributed by atoms with Crippen LogP contribution in [-0.4, -0.2) is 71.0 Å². The highest BCUT2D eigenvalue weighted by Crippen LogP contribution is 2.22. The van der Waals surface area contributed by atoms with Crippen molar-refractivity contribution < 1.29 is 49.3 Å². The Balaban J connectivity index is 2.32. The molecule has 0 heterocycles. The van der Waals surface area contributed by atoms with Crippen LogP contribution in [0, 0.1) is 0 Å². The second-order valence-corrected chi connectivity index (χ2v) is 11.2. The highest BCUT2D eigenvalue weighted by molar-refractivity contribution is 5.91. The maximum absolute atomic E-state index is 13.7. The number of benzene rings is 2. The average molecular weight is 620 g/mol. The molecule has 2 unspecified atom stereocenters. The maximum Gasteiger partial charge on any atom is 0.408 e. The lowest BCUT2D eigenvalue weighted by Gasteiger charge is -2.25. The van der Waals surface area contributed by atoms with Crippen LogP contribution in [0.5, 0.6) is 11.5 Å². The van der Waals surface area contributed by atoms with Gasteiger partial charge in [0, 0.05) is 24.9 Å². The van der Waals surface area contributed by atoms with Crippen molar-refractivity contribution in [1.29, 1.82) is 0 Å². The van der Waals surface area contributed by atoms with Crippen LogP contribution in [0.4, 0.5) is 4.79 Å². The number of rotatable bonds is 18. The number of unbranched alkanes of at least 4 members (excludes halogenated alkanes) is 2. The first-order chi connectivity index (χ1) is 20.9. The number of phenolic OH excluding ortho intramolecular Hbond substituents is 1. The minimum Gasteiger partial charge on any atom is -0.508 e. The fourth-order valence-corrected chi connectivity index (χ4v) is 4.23. The third-order valence-corrected chi connectivity index (χ3v) is 6.31. The first kappa shape index (κ1) is 36.3. The molecule has 0 bridgehead atoms. The molecule has 0 saturated carbocycles. The first-order valence-electron chi connectivity index (χ1n) is 14.6. The monoisotopic (exact) mass is 619 g/mol. The molecule has 2 rings (SSSR count). The Morgan fingerprint density at radius 2 is 1.50 bits per heavy atom. The van der Waals surface area contributed by atoms with Crippen LogP contribution in [0.1, 0.15) is 63.6 Å². The van der Waals surface area contributed by atoms with Gasteiger partial charge in [0.2, 0.25) is 11.8 Å². The van der Waals surface area contributed by atoms with Gasteiger partial charge in [-0.05, 0) is 62.6 Å². The van der Waals surface area contributed by atoms with Gasteiger partial charge in [0.1, 0.15) is 49.0 Å². The van der Waals surface area contributed by atoms with Crippen molar-refractivity contribution in [1.82, 2.24) is 16.0 Å². The normalized spacial score (nSPS) is 12.6. The molecule has 2 aromatic carbocycles. The molecule has 2 aromatic rings. The Morgan fingerprint density at radius 1 is 0.841 bits per heavy atom. The summed E-state index contributed by atoms with van der Waals surface area (Å²) in [5, 5.41) is 35.6. The summed E-state index contributed by atoms with van der Waals surface area (Å²) in [6, 6.07) is 9.07. The highest BCUT2D eigenvalue weighted by Gasteiger charge is 2.29. The summed E-state index contributed by atoms with van der Waals surface area (Å²) in [7, 11) is 0. The van der Waals surface area contributed by atoms with Gasteiger partial charge in [-0.25, -0.2) is 14.6 Å². The SMILES string of the molecule is CCCCCNC(=O)C(Cc1ccc(OCCOO)c(COO)c1)NC(=O)C(Cc1ccc(O)cc1)NC(=O)OC(C)(C)C. The van der Waals surface area contributed by atoms with Crippen LogP contribution in [0.3, 0.4) is 0 Å². The standard InChI is InChI=1S/C31H45N3O10/c1-5-6-7-14-32-28(36)25(19-22-10-13-27(41-15-16-42-39)23(17-22)20-43-40)33-29(37)26(34-30(38)44-31(2,3)4)18-21-8-11-24(35)12-9-21/h8-13,17,25-26,35,39-40H,5-7,14-16,18-20H2,1-4H3,(H,32,36)(H,33,37)(H,34,38). The largest absolute Gasteiger partial charge is 0.508 e. The number of aromatic hydroxyl groups is 1. The van der Waals surface area contributed by atoms with E-state index in [1.165, 1.54) is 12.1 Å². The topological polar surface area (TPSA) is 185 Å². The fraction of sp³-hybridized carbons (Fsp3) is 0.516. The van der Waals surface area contributed by atoms with E-state index in [4.69, 9.17) is 20.0 Å². The van der Waals surface area contributed by atoms with Crippen LogP contribution < -0.4 is 20.7 Å². The van der Waals surface area contributed by atoms with Gasteiger partial charge in [-0.2, -0.15) is 0 Å². The molecule has 0 fully saturated rings. The predicted molar refractivity (Wildman–Crippen MR) is 161 cm³/mol. The summed E-state index contributed by atoms with van der Waals surface area (Å²) in [4.78, 5) is 48.0. The Kier molecular flexibility index (Phi) is 15.4. The van der Waals surface area contributed by atoms with Gasteiger partial charge in [0.15, 0.2) is 0 Å². The molecule has 3 amide bonds. The molecule has 0 aliphatic carbocycles. The summed E-state index contributed by atoms with van der Waals surface area (Å²) in [5.74, 6) is -0.588. The molecule has 13 heteroatoms. The minimum atomic E-state index is -1.10. The van der Waals surface area contributed by atoms with E-state index in [0.29, 0.717) is 29.0 Å². The molecule has 0 aromatic heterocycles. The molecule has 244 valence electrons. The summed E-state index contributed by atoms with van der Waals surface area (Å²) in [5.41, 5.74) is 0.956. The molecule has 44 heavy (non-hydrogen) atoms. The van der Waals surface area contributed by atoms with Crippen molar-refractivity contribution in [2.75, 3.05) is 19.8 Å². The third-order valence-electron chi connectivity index (χ3n) is 6.31. The molecule has 0 saturated heterocycles. The lowest BCUT2D eigenvalue weighted by Crippen LogP contribution is -2.55. The molecule has 2 atom stereocenters. The van der Waals surface area contributed by atoms with Crippen LogP contribution in [0.15, 0.2) is 42.5 Å². The second-order valence-electron chi connectivity index (χ2n) is 11.2. The van der Waals surface area contributed by atoms with Gasteiger partial charge < -0.3 is 30.5 Å². The van der Waals surface area contributed by atoms with Crippen LogP contribution in [0.25, 0.3) is 0 Å². The van der Waals surface area contributed by atoms with Crippen LogP contribution >= 0.6 is 0 Å². The predicted octanol–water partition coefficient (Wildman–Crippen LogP) is 3.72. The van der Waals surface area contributed by atoms with Crippen molar-refractivity contribution >= 4 is 17.9 Å². The van der Waals surface area contributed by atoms with E-state index in [-0.39, 0.29) is 38.4 Å². The van der Waals surface area contributed by atoms with E-state index < -0.39 is 35.6 Å². The Morgan fingerprint density at radius 3 is 2.14 bits per heavy atom. The Labute approximate surface area is 257 Å². The molecule has 13 nitrogen and oxygen atoms in total. The second kappa shape index (κ2) is 18.7. The zero-order chi connectivity index (χ0) is 32.5. The number of hydrogen-bond acceptors (Lipinski definition) is 10. The van der Waals surface area contributed by atoms with Crippen LogP contribution in [-0.2, 0) is 43.5 Å². The number of phenols is 1. The smallest absolute Gasteiger partial charge is 0.408 e. The van der Waals surface area contributed by atoms with Crippen molar-refractivity contribution in [2.24, 2.45) is 0 Å². The van der Waals surface area contributed by atoms with Crippen molar-refractivity contribution in [3.05, 3.63) is 59.2 Å². The molecule has 6 N–H and O–H groups in total. The average Bonchev–Trinajstić information content (AvgIpc) is 2.96. The summed E-state index contributed by atoms with van der Waals surface area (Å²) in [6.45, 7) is 7.34. The van der Waals surface area contributed by atoms with Gasteiger partial charge in [0.05, 0.1) is 0 Å². The van der Waals surface area contributed by atoms with E-state index in [0.717, 1.165) is 19.3 Å². The van der Waals surface area contributed by atoms with Crippen molar-refractivity contribution in [2.45, 2.75) is 84.1 Å². The van der Waals surface area contributed by atoms with Gasteiger partial charge in [-0.1, -0.05) is 38.0 Å². The Bertz CT molecular complexity index is 1180. The number of carbonyl (C=O) groups is 3. The first-order valence-corrected chi connectivity index (χ1v) is 14.6. The van der Waals surface area contributed by atoms with E-state index in [1.807, 2.05) is 0 Å². The van der Waals surface area contributed by atoms with Gasteiger partial charge in [-0.15, -0.1) is 0 Å². The van der Waals surface area contributed by atoms with Crippen LogP contribution in [0.2, 0.25) is 0 Å². The molecule has 0 spiro atoms. The number of hydrogen-bond donors (Lipinski definition) is 6. The third kappa shape index (κ3) is 13.6. The van der Waals surface area contributed by atoms with E-state index in [9.17, 15) is 19.5 Å². The van der Waals surface area contributed by atoms with Crippen molar-refractivity contribution in [3.63, 3.8) is 0 Å². The number of amides is 3. The highest BCUT2D eigenvalue weighted by atomic mass is 17.1.